The van der Waals surface area contributed by atoms with Gasteiger partial charge in [-0.3, -0.25) is 9.59 Å². The van der Waals surface area contributed by atoms with Crippen molar-refractivity contribution in [3.63, 3.8) is 0 Å². The molecule has 2 saturated heterocycles. The molecule has 30 heavy (non-hydrogen) atoms. The van der Waals surface area contributed by atoms with Crippen LogP contribution in [0.3, 0.4) is 0 Å². The monoisotopic (exact) mass is 422 g/mol. The summed E-state index contributed by atoms with van der Waals surface area (Å²) in [5.74, 6) is -1.14. The van der Waals surface area contributed by atoms with Gasteiger partial charge in [-0.1, -0.05) is 37.3 Å². The van der Waals surface area contributed by atoms with Crippen molar-refractivity contribution in [1.29, 1.82) is 0 Å². The van der Waals surface area contributed by atoms with Gasteiger partial charge in [0.15, 0.2) is 0 Å². The van der Waals surface area contributed by atoms with Crippen molar-refractivity contribution in [2.75, 3.05) is 20.7 Å². The molecule has 0 N–H and O–H groups in total. The second-order valence-corrected chi connectivity index (χ2v) is 8.27. The maximum absolute atomic E-state index is 12.9. The molecular weight excluding hydrogens is 392 g/mol. The van der Waals surface area contributed by atoms with Gasteiger partial charge in [-0.05, 0) is 5.56 Å². The fraction of sp³-hybridized carbons (Fsp3) is 0.619. The quantitative estimate of drug-likeness (QED) is 0.299. The van der Waals surface area contributed by atoms with E-state index in [0.717, 1.165) is 22.9 Å². The van der Waals surface area contributed by atoms with Gasteiger partial charge in [-0.2, -0.15) is 0 Å². The fourth-order valence-electron chi connectivity index (χ4n) is 4.44. The van der Waals surface area contributed by atoms with Gasteiger partial charge >= 0.3 is 11.9 Å². The summed E-state index contributed by atoms with van der Waals surface area (Å²) < 4.78 is 12.2. The van der Waals surface area contributed by atoms with Gasteiger partial charge in [0.1, 0.15) is 18.6 Å². The SMILES string of the molecule is CCC(=O)OCC(C(=O)OC1C[C@H]2CC[C@@H](C1)[N+]2(C)C)c1ccccc1.O=[N+]([O-])[O-]. The average Bonchev–Trinajstić information content (AvgIpc) is 2.85. The molecule has 0 saturated carbocycles. The lowest BCUT2D eigenvalue weighted by Gasteiger charge is -2.44. The van der Waals surface area contributed by atoms with Crippen LogP contribution in [0.2, 0.25) is 0 Å². The highest BCUT2D eigenvalue weighted by atomic mass is 16.9. The van der Waals surface area contributed by atoms with Crippen molar-refractivity contribution in [2.45, 2.75) is 63.1 Å². The third-order valence-corrected chi connectivity index (χ3v) is 6.25. The van der Waals surface area contributed by atoms with E-state index in [9.17, 15) is 9.59 Å². The molecule has 2 unspecified atom stereocenters. The lowest BCUT2D eigenvalue weighted by atomic mass is 9.96. The summed E-state index contributed by atoms with van der Waals surface area (Å²) >= 11 is 0. The molecule has 9 nitrogen and oxygen atoms in total. The van der Waals surface area contributed by atoms with Crippen LogP contribution in [0.25, 0.3) is 0 Å². The van der Waals surface area contributed by atoms with Gasteiger partial charge in [0, 0.05) is 32.1 Å². The Morgan fingerprint density at radius 3 is 2.17 bits per heavy atom. The summed E-state index contributed by atoms with van der Waals surface area (Å²) in [6.07, 6.45) is 4.54. The molecule has 1 aromatic carbocycles. The number of benzene rings is 1. The van der Waals surface area contributed by atoms with Crippen molar-refractivity contribution in [3.05, 3.63) is 51.2 Å². The van der Waals surface area contributed by atoms with Crippen LogP contribution in [0.15, 0.2) is 30.3 Å². The summed E-state index contributed by atoms with van der Waals surface area (Å²) in [6, 6.07) is 10.6. The molecule has 0 amide bonds. The second-order valence-electron chi connectivity index (χ2n) is 8.27. The molecule has 2 aliphatic rings. The Kier molecular flexibility index (Phi) is 8.16. The molecule has 0 spiro atoms. The lowest BCUT2D eigenvalue weighted by Crippen LogP contribution is -2.56. The van der Waals surface area contributed by atoms with Crippen LogP contribution < -0.4 is 0 Å². The van der Waals surface area contributed by atoms with Gasteiger partial charge in [0.05, 0.1) is 31.3 Å². The normalized spacial score (nSPS) is 24.7. The summed E-state index contributed by atoms with van der Waals surface area (Å²) in [4.78, 5) is 32.7. The molecule has 0 aromatic heterocycles. The van der Waals surface area contributed by atoms with Gasteiger partial charge in [-0.25, -0.2) is 0 Å². The van der Waals surface area contributed by atoms with E-state index in [-0.39, 0.29) is 24.6 Å². The van der Waals surface area contributed by atoms with Crippen molar-refractivity contribution in [3.8, 4) is 0 Å². The van der Waals surface area contributed by atoms with Crippen molar-refractivity contribution < 1.29 is 28.6 Å². The Labute approximate surface area is 176 Å². The number of rotatable bonds is 6. The molecule has 9 heteroatoms. The Morgan fingerprint density at radius 2 is 1.67 bits per heavy atom. The minimum atomic E-state index is -1.75. The molecule has 3 rings (SSSR count). The van der Waals surface area contributed by atoms with Crippen molar-refractivity contribution in [2.24, 2.45) is 0 Å². The van der Waals surface area contributed by atoms with Crippen molar-refractivity contribution in [1.82, 2.24) is 0 Å². The summed E-state index contributed by atoms with van der Waals surface area (Å²) in [5, 5.41) is 14.8. The Balaban J connectivity index is 0.000000735. The number of hydrogen-bond acceptors (Lipinski definition) is 7. The molecule has 2 aliphatic heterocycles. The summed E-state index contributed by atoms with van der Waals surface area (Å²) in [6.45, 7) is 1.78. The molecular formula is C21H30N2O7. The zero-order chi connectivity index (χ0) is 22.3. The first kappa shape index (κ1) is 23.6. The number of hydrogen-bond donors (Lipinski definition) is 0. The second kappa shape index (κ2) is 10.4. The van der Waals surface area contributed by atoms with E-state index in [4.69, 9.17) is 24.8 Å². The van der Waals surface area contributed by atoms with E-state index in [1.54, 1.807) is 6.92 Å². The minimum Gasteiger partial charge on any atom is -0.464 e. The van der Waals surface area contributed by atoms with Crippen LogP contribution in [0.4, 0.5) is 0 Å². The van der Waals surface area contributed by atoms with E-state index in [1.807, 2.05) is 30.3 Å². The molecule has 1 aromatic rings. The van der Waals surface area contributed by atoms with E-state index in [0.29, 0.717) is 18.5 Å². The maximum Gasteiger partial charge on any atom is 0.317 e. The number of nitrogens with zero attached hydrogens (tertiary/aromatic N) is 2. The van der Waals surface area contributed by atoms with Crippen LogP contribution >= 0.6 is 0 Å². The molecule has 0 aliphatic carbocycles. The summed E-state index contributed by atoms with van der Waals surface area (Å²) in [7, 11) is 4.58. The number of piperidine rings is 1. The number of ether oxygens (including phenoxy) is 2. The van der Waals surface area contributed by atoms with E-state index >= 15 is 0 Å². The highest BCUT2D eigenvalue weighted by molar-refractivity contribution is 5.79. The number of esters is 2. The van der Waals surface area contributed by atoms with E-state index in [2.05, 4.69) is 14.1 Å². The Bertz CT molecular complexity index is 718. The van der Waals surface area contributed by atoms with E-state index in [1.165, 1.54) is 12.8 Å². The van der Waals surface area contributed by atoms with Gasteiger partial charge in [0.25, 0.3) is 0 Å². The molecule has 2 heterocycles. The third-order valence-electron chi connectivity index (χ3n) is 6.25. The smallest absolute Gasteiger partial charge is 0.317 e. The molecule has 2 fully saturated rings. The minimum absolute atomic E-state index is 0.0285. The predicted molar refractivity (Wildman–Crippen MR) is 109 cm³/mol. The third kappa shape index (κ3) is 6.16. The zero-order valence-corrected chi connectivity index (χ0v) is 17.7. The fourth-order valence-corrected chi connectivity index (χ4v) is 4.44. The number of carbonyl (C=O) groups excluding carboxylic acids is 2. The molecule has 2 bridgehead atoms. The summed E-state index contributed by atoms with van der Waals surface area (Å²) in [5.41, 5.74) is 0.830. The van der Waals surface area contributed by atoms with Crippen molar-refractivity contribution >= 4 is 11.9 Å². The number of fused-ring (bicyclic) bond motifs is 2. The Morgan fingerprint density at radius 1 is 1.13 bits per heavy atom. The van der Waals surface area contributed by atoms with Crippen LogP contribution in [0.1, 0.15) is 50.5 Å². The van der Waals surface area contributed by atoms with Crippen LogP contribution in [0, 0.1) is 15.3 Å². The molecule has 166 valence electrons. The first-order chi connectivity index (χ1) is 14.1. The zero-order valence-electron chi connectivity index (χ0n) is 17.7. The standard InChI is InChI=1S/C21H30NO4.NO3/c1-4-20(23)25-14-19(15-8-6-5-7-9-15)21(24)26-18-12-16-10-11-17(13-18)22(16,2)3;2-1(3)4/h5-9,16-19H,4,10-14H2,1-3H3;/q+1;-1/t16-,17+,18?,19?;. The van der Waals surface area contributed by atoms with Gasteiger partial charge in [-0.15, -0.1) is 0 Å². The first-order valence-corrected chi connectivity index (χ1v) is 10.2. The van der Waals surface area contributed by atoms with Gasteiger partial charge < -0.3 is 29.3 Å². The van der Waals surface area contributed by atoms with Crippen LogP contribution in [0.5, 0.6) is 0 Å². The number of carbonyl (C=O) groups is 2. The average molecular weight is 422 g/mol. The molecule has 0 radical (unpaired) electrons. The predicted octanol–water partition coefficient (Wildman–Crippen LogP) is 2.80. The Hall–Kier alpha value is -2.68. The largest absolute Gasteiger partial charge is 0.464 e. The van der Waals surface area contributed by atoms with E-state index < -0.39 is 11.0 Å². The van der Waals surface area contributed by atoms with Gasteiger partial charge in [0.2, 0.25) is 0 Å². The van der Waals surface area contributed by atoms with Crippen LogP contribution in [-0.2, 0) is 19.1 Å². The highest BCUT2D eigenvalue weighted by Crippen LogP contribution is 2.40. The maximum atomic E-state index is 12.9. The first-order valence-electron chi connectivity index (χ1n) is 10.2. The lowest BCUT2D eigenvalue weighted by molar-refractivity contribution is -0.931. The number of quaternary nitrogens is 1. The molecule has 4 atom stereocenters. The van der Waals surface area contributed by atoms with Crippen LogP contribution in [-0.4, -0.2) is 60.4 Å². The highest BCUT2D eigenvalue weighted by Gasteiger charge is 2.50. The topological polar surface area (TPSA) is 119 Å².